The lowest BCUT2D eigenvalue weighted by Crippen LogP contribution is -2.39. The van der Waals surface area contributed by atoms with Crippen LogP contribution < -0.4 is 10.1 Å². The molecule has 0 unspecified atom stereocenters. The first kappa shape index (κ1) is 25.1. The second-order valence-corrected chi connectivity index (χ2v) is 11.0. The maximum Gasteiger partial charge on any atom is 0.254 e. The third-order valence-corrected chi connectivity index (χ3v) is 8.36. The van der Waals surface area contributed by atoms with Gasteiger partial charge in [0.15, 0.2) is 5.75 Å². The molecule has 9 heteroatoms. The number of piperidine rings is 1. The standard InChI is InChI=1S/C31H29ClFN5O2/c32-22-5-7-23(8-6-22)40-28-16-21(31(39)37-14-13-36-12-11-35-29(36)19-37)15-25-24-3-1-2-4-27(24)38(30(25)28)18-20-9-10-34-17-26(20)33/h1-8,11-12,15-16,20,26,34H,9-10,13-14,17-19H2/t20-,26-/m0/s1. The van der Waals surface area contributed by atoms with Gasteiger partial charge in [-0.3, -0.25) is 4.79 Å². The number of imidazole rings is 1. The molecule has 7 rings (SSSR count). The van der Waals surface area contributed by atoms with Crippen molar-refractivity contribution in [2.24, 2.45) is 5.92 Å². The normalized spacial score (nSPS) is 19.2. The van der Waals surface area contributed by atoms with Crippen molar-refractivity contribution < 1.29 is 13.9 Å². The predicted molar refractivity (Wildman–Crippen MR) is 154 cm³/mol. The van der Waals surface area contributed by atoms with Crippen molar-refractivity contribution in [1.82, 2.24) is 24.3 Å². The minimum absolute atomic E-state index is 0.0730. The molecule has 2 aromatic heterocycles. The Morgan fingerprint density at radius 2 is 1.95 bits per heavy atom. The summed E-state index contributed by atoms with van der Waals surface area (Å²) in [6.45, 7) is 3.44. The molecule has 0 aliphatic carbocycles. The quantitative estimate of drug-likeness (QED) is 0.286. The van der Waals surface area contributed by atoms with E-state index in [4.69, 9.17) is 16.3 Å². The number of rotatable bonds is 5. The Balaban J connectivity index is 1.37. The van der Waals surface area contributed by atoms with Crippen LogP contribution in [0.3, 0.4) is 0 Å². The van der Waals surface area contributed by atoms with Crippen molar-refractivity contribution in [3.63, 3.8) is 0 Å². The van der Waals surface area contributed by atoms with E-state index in [2.05, 4.69) is 31.6 Å². The highest BCUT2D eigenvalue weighted by molar-refractivity contribution is 6.30. The monoisotopic (exact) mass is 557 g/mol. The first-order valence-corrected chi connectivity index (χ1v) is 14.1. The summed E-state index contributed by atoms with van der Waals surface area (Å²) in [6, 6.07) is 19.1. The Bertz CT molecular complexity index is 1710. The van der Waals surface area contributed by atoms with Gasteiger partial charge in [-0.15, -0.1) is 0 Å². The summed E-state index contributed by atoms with van der Waals surface area (Å²) in [5.74, 6) is 1.84. The first-order valence-electron chi connectivity index (χ1n) is 13.7. The Labute approximate surface area is 236 Å². The number of para-hydroxylation sites is 1. The first-order chi connectivity index (χ1) is 19.5. The van der Waals surface area contributed by atoms with E-state index >= 15 is 4.39 Å². The van der Waals surface area contributed by atoms with Crippen molar-refractivity contribution >= 4 is 39.3 Å². The highest BCUT2D eigenvalue weighted by Gasteiger charge is 2.29. The number of hydrogen-bond donors (Lipinski definition) is 1. The van der Waals surface area contributed by atoms with Gasteiger partial charge in [0.25, 0.3) is 5.91 Å². The molecule has 1 saturated heterocycles. The average molecular weight is 558 g/mol. The molecule has 0 saturated carbocycles. The summed E-state index contributed by atoms with van der Waals surface area (Å²) in [4.78, 5) is 20.1. The molecular weight excluding hydrogens is 529 g/mol. The molecule has 3 aromatic carbocycles. The van der Waals surface area contributed by atoms with Gasteiger partial charge in [-0.05, 0) is 55.4 Å². The number of aromatic nitrogens is 3. The summed E-state index contributed by atoms with van der Waals surface area (Å²) >= 11 is 6.13. The number of amides is 1. The second kappa shape index (κ2) is 10.3. The van der Waals surface area contributed by atoms with Crippen LogP contribution in [0.4, 0.5) is 4.39 Å². The van der Waals surface area contributed by atoms with Crippen molar-refractivity contribution in [1.29, 1.82) is 0 Å². The van der Waals surface area contributed by atoms with Crippen molar-refractivity contribution in [3.8, 4) is 11.5 Å². The Kier molecular flexibility index (Phi) is 6.44. The van der Waals surface area contributed by atoms with Crippen LogP contribution in [0.5, 0.6) is 11.5 Å². The molecule has 204 valence electrons. The average Bonchev–Trinajstić information content (AvgIpc) is 3.57. The van der Waals surface area contributed by atoms with Gasteiger partial charge in [-0.25, -0.2) is 9.37 Å². The fourth-order valence-electron chi connectivity index (χ4n) is 6.01. The number of ether oxygens (including phenoxy) is 1. The Morgan fingerprint density at radius 3 is 2.80 bits per heavy atom. The van der Waals surface area contributed by atoms with E-state index < -0.39 is 6.17 Å². The van der Waals surface area contributed by atoms with Crippen LogP contribution in [0.15, 0.2) is 73.1 Å². The third kappa shape index (κ3) is 4.51. The SMILES string of the molecule is O=C(c1cc(Oc2ccc(Cl)cc2)c2c(c1)c1ccccc1n2C[C@@H]1CCNC[C@@H]1F)N1CCn2ccnc2C1. The summed E-state index contributed by atoms with van der Waals surface area (Å²) < 4.78 is 25.7. The van der Waals surface area contributed by atoms with E-state index in [1.54, 1.807) is 18.3 Å². The van der Waals surface area contributed by atoms with Gasteiger partial charge in [0.1, 0.15) is 17.7 Å². The van der Waals surface area contributed by atoms with Crippen molar-refractivity contribution in [2.75, 3.05) is 19.6 Å². The maximum absolute atomic E-state index is 15.0. The van der Waals surface area contributed by atoms with Crippen LogP contribution in [0.2, 0.25) is 5.02 Å². The van der Waals surface area contributed by atoms with Gasteiger partial charge in [-0.1, -0.05) is 29.8 Å². The van der Waals surface area contributed by atoms with Crippen LogP contribution in [0, 0.1) is 5.92 Å². The molecule has 5 aromatic rings. The minimum atomic E-state index is -0.932. The highest BCUT2D eigenvalue weighted by atomic mass is 35.5. The number of nitrogens with zero attached hydrogens (tertiary/aromatic N) is 4. The van der Waals surface area contributed by atoms with Crippen molar-refractivity contribution in [3.05, 3.63) is 89.5 Å². The van der Waals surface area contributed by atoms with Gasteiger partial charge in [0.05, 0.1) is 12.1 Å². The van der Waals surface area contributed by atoms with E-state index in [1.165, 1.54) is 0 Å². The third-order valence-electron chi connectivity index (χ3n) is 8.11. The van der Waals surface area contributed by atoms with Crippen LogP contribution >= 0.6 is 11.6 Å². The molecule has 1 N–H and O–H groups in total. The molecule has 0 spiro atoms. The van der Waals surface area contributed by atoms with E-state index in [0.717, 1.165) is 40.6 Å². The summed E-state index contributed by atoms with van der Waals surface area (Å²) in [5, 5.41) is 5.68. The lowest BCUT2D eigenvalue weighted by Gasteiger charge is -2.28. The van der Waals surface area contributed by atoms with Gasteiger partial charge in [0.2, 0.25) is 0 Å². The number of hydrogen-bond acceptors (Lipinski definition) is 4. The van der Waals surface area contributed by atoms with Gasteiger partial charge in [-0.2, -0.15) is 0 Å². The smallest absolute Gasteiger partial charge is 0.254 e. The number of halogens is 2. The van der Waals surface area contributed by atoms with Gasteiger partial charge in [0, 0.05) is 71.4 Å². The summed E-state index contributed by atoms with van der Waals surface area (Å²) in [6.07, 6.45) is 3.54. The zero-order valence-electron chi connectivity index (χ0n) is 21.9. The van der Waals surface area contributed by atoms with Crippen LogP contribution in [-0.4, -0.2) is 50.7 Å². The lowest BCUT2D eigenvalue weighted by atomic mass is 9.96. The molecular formula is C31H29ClFN5O2. The predicted octanol–water partition coefficient (Wildman–Crippen LogP) is 6.04. The molecule has 2 aliphatic rings. The number of carbonyl (C=O) groups excluding carboxylic acids is 1. The topological polar surface area (TPSA) is 64.3 Å². The van der Waals surface area contributed by atoms with Gasteiger partial charge >= 0.3 is 0 Å². The van der Waals surface area contributed by atoms with Crippen LogP contribution in [0.25, 0.3) is 21.8 Å². The minimum Gasteiger partial charge on any atom is -0.455 e. The van der Waals surface area contributed by atoms with E-state index in [0.29, 0.717) is 54.8 Å². The van der Waals surface area contributed by atoms with E-state index in [-0.39, 0.29) is 11.8 Å². The zero-order chi connectivity index (χ0) is 27.2. The fourth-order valence-corrected chi connectivity index (χ4v) is 6.14. The molecule has 0 radical (unpaired) electrons. The molecule has 0 bridgehead atoms. The second-order valence-electron chi connectivity index (χ2n) is 10.6. The molecule has 1 fully saturated rings. The molecule has 7 nitrogen and oxygen atoms in total. The van der Waals surface area contributed by atoms with Crippen LogP contribution in [-0.2, 0) is 19.6 Å². The summed E-state index contributed by atoms with van der Waals surface area (Å²) in [7, 11) is 0. The highest BCUT2D eigenvalue weighted by Crippen LogP contribution is 2.40. The lowest BCUT2D eigenvalue weighted by molar-refractivity contribution is 0.0707. The van der Waals surface area contributed by atoms with Crippen LogP contribution in [0.1, 0.15) is 22.6 Å². The Morgan fingerprint density at radius 1 is 1.10 bits per heavy atom. The van der Waals surface area contributed by atoms with Gasteiger partial charge < -0.3 is 24.1 Å². The molecule has 4 heterocycles. The zero-order valence-corrected chi connectivity index (χ0v) is 22.6. The van der Waals surface area contributed by atoms with E-state index in [9.17, 15) is 4.79 Å². The molecule has 2 aliphatic heterocycles. The number of nitrogens with one attached hydrogen (secondary N) is 1. The number of carbonyl (C=O) groups is 1. The number of alkyl halides is 1. The molecule has 40 heavy (non-hydrogen) atoms. The summed E-state index contributed by atoms with van der Waals surface area (Å²) in [5.41, 5.74) is 2.39. The number of benzene rings is 3. The molecule has 2 atom stereocenters. The van der Waals surface area contributed by atoms with Crippen molar-refractivity contribution in [2.45, 2.75) is 32.2 Å². The Hall–Kier alpha value is -3.88. The van der Waals surface area contributed by atoms with E-state index in [1.807, 2.05) is 47.5 Å². The largest absolute Gasteiger partial charge is 0.455 e. The molecule has 1 amide bonds. The number of fused-ring (bicyclic) bond motifs is 4. The fraction of sp³-hybridized carbons (Fsp3) is 0.290. The maximum atomic E-state index is 15.0.